The number of unbranched alkanes of at least 4 members (excludes halogenated alkanes) is 2. The summed E-state index contributed by atoms with van der Waals surface area (Å²) in [6.07, 6.45) is 8.29. The van der Waals surface area contributed by atoms with Crippen LogP contribution < -0.4 is 0 Å². The Hall–Kier alpha value is -0.260. The molecule has 84 valence electrons. The highest BCUT2D eigenvalue weighted by atomic mass is 14.0. The number of hydrogen-bond acceptors (Lipinski definition) is 0. The van der Waals surface area contributed by atoms with Crippen LogP contribution in [-0.2, 0) is 0 Å². The molecule has 0 spiro atoms. The predicted molar refractivity (Wildman–Crippen MR) is 66.6 cm³/mol. The number of rotatable bonds is 7. The molecule has 0 aliphatic heterocycles. The first-order chi connectivity index (χ1) is 6.57. The molecule has 0 aliphatic carbocycles. The molecule has 0 rings (SSSR count). The van der Waals surface area contributed by atoms with Gasteiger partial charge in [0.05, 0.1) is 0 Å². The molecule has 0 saturated heterocycles. The van der Waals surface area contributed by atoms with Crippen LogP contribution in [0.3, 0.4) is 0 Å². The molecular weight excluding hydrogens is 168 g/mol. The van der Waals surface area contributed by atoms with E-state index >= 15 is 0 Å². The first-order valence-electron chi connectivity index (χ1n) is 6.20. The molecule has 0 aromatic rings. The lowest BCUT2D eigenvalue weighted by molar-refractivity contribution is 0.478. The summed E-state index contributed by atoms with van der Waals surface area (Å²) in [6, 6.07) is 0. The second-order valence-corrected chi connectivity index (χ2v) is 4.89. The van der Waals surface area contributed by atoms with Crippen LogP contribution in [0.5, 0.6) is 0 Å². The van der Waals surface area contributed by atoms with Gasteiger partial charge in [-0.25, -0.2) is 0 Å². The third-order valence-electron chi connectivity index (χ3n) is 3.30. The zero-order valence-electron chi connectivity index (χ0n) is 10.8. The Labute approximate surface area is 90.8 Å². The molecule has 0 radical (unpaired) electrons. The smallest absolute Gasteiger partial charge is 0.0321 e. The van der Waals surface area contributed by atoms with E-state index in [1.165, 1.54) is 44.1 Å². The minimum atomic E-state index is 0.930. The van der Waals surface area contributed by atoms with Crippen molar-refractivity contribution in [3.8, 4) is 0 Å². The standard InChI is InChI=1S/C14H28/c1-6-13(4)10-8-7-9-11-14(5)12(2)3/h13H,6-11H2,1-5H3. The van der Waals surface area contributed by atoms with Crippen molar-refractivity contribution in [2.75, 3.05) is 0 Å². The fourth-order valence-electron chi connectivity index (χ4n) is 1.51. The maximum atomic E-state index is 2.36. The van der Waals surface area contributed by atoms with Crippen molar-refractivity contribution in [2.24, 2.45) is 5.92 Å². The summed E-state index contributed by atoms with van der Waals surface area (Å²) < 4.78 is 0. The van der Waals surface area contributed by atoms with Crippen molar-refractivity contribution in [2.45, 2.75) is 73.1 Å². The van der Waals surface area contributed by atoms with Crippen LogP contribution in [-0.4, -0.2) is 0 Å². The molecule has 0 saturated carbocycles. The third kappa shape index (κ3) is 7.17. The van der Waals surface area contributed by atoms with Gasteiger partial charge in [-0.2, -0.15) is 0 Å². The number of allylic oxidation sites excluding steroid dienone is 2. The van der Waals surface area contributed by atoms with Gasteiger partial charge in [0.1, 0.15) is 0 Å². The minimum absolute atomic E-state index is 0.930. The second kappa shape index (κ2) is 8.08. The molecular formula is C14H28. The molecule has 0 heteroatoms. The van der Waals surface area contributed by atoms with Crippen LogP contribution >= 0.6 is 0 Å². The first-order valence-corrected chi connectivity index (χ1v) is 6.20. The van der Waals surface area contributed by atoms with Crippen LogP contribution in [0.1, 0.15) is 73.1 Å². The van der Waals surface area contributed by atoms with Crippen LogP contribution in [0.25, 0.3) is 0 Å². The molecule has 1 atom stereocenters. The third-order valence-corrected chi connectivity index (χ3v) is 3.30. The van der Waals surface area contributed by atoms with E-state index in [0.717, 1.165) is 5.92 Å². The molecule has 0 amide bonds. The Morgan fingerprint density at radius 3 is 2.14 bits per heavy atom. The summed E-state index contributed by atoms with van der Waals surface area (Å²) >= 11 is 0. The van der Waals surface area contributed by atoms with Crippen LogP contribution in [0.15, 0.2) is 11.1 Å². The number of hydrogen-bond donors (Lipinski definition) is 0. The van der Waals surface area contributed by atoms with Gasteiger partial charge < -0.3 is 0 Å². The van der Waals surface area contributed by atoms with Gasteiger partial charge in [-0.05, 0) is 39.5 Å². The van der Waals surface area contributed by atoms with E-state index in [9.17, 15) is 0 Å². The highest BCUT2D eigenvalue weighted by Gasteiger charge is 1.98. The highest BCUT2D eigenvalue weighted by Crippen LogP contribution is 2.16. The largest absolute Gasteiger partial charge is 0.0775 e. The normalized spacial score (nSPS) is 12.6. The first kappa shape index (κ1) is 13.7. The molecule has 14 heavy (non-hydrogen) atoms. The molecule has 0 bridgehead atoms. The van der Waals surface area contributed by atoms with Crippen molar-refractivity contribution < 1.29 is 0 Å². The van der Waals surface area contributed by atoms with Gasteiger partial charge in [-0.1, -0.05) is 50.7 Å². The molecule has 0 heterocycles. The average Bonchev–Trinajstić information content (AvgIpc) is 2.16. The Morgan fingerprint density at radius 2 is 1.64 bits per heavy atom. The Morgan fingerprint density at radius 1 is 1.00 bits per heavy atom. The van der Waals surface area contributed by atoms with Crippen molar-refractivity contribution >= 4 is 0 Å². The molecule has 1 unspecified atom stereocenters. The topological polar surface area (TPSA) is 0 Å². The fraction of sp³-hybridized carbons (Fsp3) is 0.857. The van der Waals surface area contributed by atoms with Gasteiger partial charge in [0.15, 0.2) is 0 Å². The van der Waals surface area contributed by atoms with Gasteiger partial charge >= 0.3 is 0 Å². The van der Waals surface area contributed by atoms with E-state index in [0.29, 0.717) is 0 Å². The van der Waals surface area contributed by atoms with Gasteiger partial charge in [-0.3, -0.25) is 0 Å². The van der Waals surface area contributed by atoms with E-state index in [-0.39, 0.29) is 0 Å². The summed E-state index contributed by atoms with van der Waals surface area (Å²) in [7, 11) is 0. The monoisotopic (exact) mass is 196 g/mol. The lowest BCUT2D eigenvalue weighted by Gasteiger charge is -2.08. The molecule has 0 nitrogen and oxygen atoms in total. The van der Waals surface area contributed by atoms with E-state index in [1.807, 2.05) is 0 Å². The summed E-state index contributed by atoms with van der Waals surface area (Å²) in [5.74, 6) is 0.930. The molecule has 0 aromatic carbocycles. The fourth-order valence-corrected chi connectivity index (χ4v) is 1.51. The van der Waals surface area contributed by atoms with Crippen molar-refractivity contribution in [3.63, 3.8) is 0 Å². The van der Waals surface area contributed by atoms with Crippen LogP contribution in [0, 0.1) is 5.92 Å². The zero-order valence-corrected chi connectivity index (χ0v) is 10.8. The Bertz CT molecular complexity index is 161. The highest BCUT2D eigenvalue weighted by molar-refractivity contribution is 5.06. The predicted octanol–water partition coefficient (Wildman–Crippen LogP) is 5.34. The van der Waals surface area contributed by atoms with Crippen molar-refractivity contribution in [3.05, 3.63) is 11.1 Å². The van der Waals surface area contributed by atoms with E-state index < -0.39 is 0 Å². The molecule has 0 aliphatic rings. The van der Waals surface area contributed by atoms with Gasteiger partial charge in [-0.15, -0.1) is 0 Å². The quantitative estimate of drug-likeness (QED) is 0.381. The molecule has 0 fully saturated rings. The van der Waals surface area contributed by atoms with Crippen LogP contribution in [0.2, 0.25) is 0 Å². The minimum Gasteiger partial charge on any atom is -0.0775 e. The van der Waals surface area contributed by atoms with Crippen molar-refractivity contribution in [1.82, 2.24) is 0 Å². The summed E-state index contributed by atoms with van der Waals surface area (Å²) in [5.41, 5.74) is 3.10. The van der Waals surface area contributed by atoms with E-state index in [4.69, 9.17) is 0 Å². The Balaban J connectivity index is 3.35. The maximum absolute atomic E-state index is 2.36. The second-order valence-electron chi connectivity index (χ2n) is 4.89. The van der Waals surface area contributed by atoms with E-state index in [1.54, 1.807) is 5.57 Å². The van der Waals surface area contributed by atoms with Crippen molar-refractivity contribution in [1.29, 1.82) is 0 Å². The summed E-state index contributed by atoms with van der Waals surface area (Å²) in [4.78, 5) is 0. The van der Waals surface area contributed by atoms with E-state index in [2.05, 4.69) is 34.6 Å². The lowest BCUT2D eigenvalue weighted by Crippen LogP contribution is -1.91. The lowest BCUT2D eigenvalue weighted by atomic mass is 9.99. The Kier molecular flexibility index (Phi) is 7.93. The average molecular weight is 196 g/mol. The summed E-state index contributed by atoms with van der Waals surface area (Å²) in [6.45, 7) is 11.4. The SMILES string of the molecule is CCC(C)CCCCCC(C)=C(C)C. The zero-order chi connectivity index (χ0) is 11.0. The maximum Gasteiger partial charge on any atom is -0.0321 e. The van der Waals surface area contributed by atoms with Crippen LogP contribution in [0.4, 0.5) is 0 Å². The van der Waals surface area contributed by atoms with Gasteiger partial charge in [0.25, 0.3) is 0 Å². The van der Waals surface area contributed by atoms with Gasteiger partial charge in [0, 0.05) is 0 Å². The van der Waals surface area contributed by atoms with Gasteiger partial charge in [0.2, 0.25) is 0 Å². The molecule has 0 aromatic heterocycles. The summed E-state index contributed by atoms with van der Waals surface area (Å²) in [5, 5.41) is 0. The molecule has 0 N–H and O–H groups in total.